The highest BCUT2D eigenvalue weighted by Gasteiger charge is 2.27. The average Bonchev–Trinajstić information content (AvgIpc) is 3.13. The average molecular weight is 253 g/mol. The SMILES string of the molecule is CC1CCCNC1C(=O)NCCC(=O)NC1CC1. The molecule has 0 bridgehead atoms. The molecule has 18 heavy (non-hydrogen) atoms. The summed E-state index contributed by atoms with van der Waals surface area (Å²) in [5.74, 6) is 0.447. The molecule has 1 saturated heterocycles. The Labute approximate surface area is 108 Å². The van der Waals surface area contributed by atoms with Gasteiger partial charge >= 0.3 is 0 Å². The van der Waals surface area contributed by atoms with Gasteiger partial charge in [0.25, 0.3) is 0 Å². The highest BCUT2D eigenvalue weighted by Crippen LogP contribution is 2.18. The molecule has 1 heterocycles. The van der Waals surface area contributed by atoms with Crippen LogP contribution in [0.4, 0.5) is 0 Å². The van der Waals surface area contributed by atoms with Gasteiger partial charge in [-0.05, 0) is 38.1 Å². The van der Waals surface area contributed by atoms with Gasteiger partial charge in [0, 0.05) is 19.0 Å². The lowest BCUT2D eigenvalue weighted by molar-refractivity contribution is -0.125. The fraction of sp³-hybridized carbons (Fsp3) is 0.846. The Bertz CT molecular complexity index is 315. The van der Waals surface area contributed by atoms with Crippen LogP contribution >= 0.6 is 0 Å². The van der Waals surface area contributed by atoms with Crippen LogP contribution < -0.4 is 16.0 Å². The molecule has 2 atom stereocenters. The van der Waals surface area contributed by atoms with Crippen molar-refractivity contribution in [3.63, 3.8) is 0 Å². The molecule has 0 spiro atoms. The van der Waals surface area contributed by atoms with Crippen LogP contribution in [-0.4, -0.2) is 37.0 Å². The summed E-state index contributed by atoms with van der Waals surface area (Å²) in [4.78, 5) is 23.4. The molecule has 0 aromatic carbocycles. The predicted molar refractivity (Wildman–Crippen MR) is 69.0 cm³/mol. The fourth-order valence-electron chi connectivity index (χ4n) is 2.34. The van der Waals surface area contributed by atoms with E-state index in [0.717, 1.165) is 32.2 Å². The number of hydrogen-bond acceptors (Lipinski definition) is 3. The lowest BCUT2D eigenvalue weighted by Crippen LogP contribution is -2.51. The molecule has 3 N–H and O–H groups in total. The van der Waals surface area contributed by atoms with Crippen LogP contribution in [0.2, 0.25) is 0 Å². The Morgan fingerprint density at radius 2 is 2.06 bits per heavy atom. The van der Waals surface area contributed by atoms with E-state index in [1.54, 1.807) is 0 Å². The molecule has 1 aliphatic heterocycles. The second-order valence-electron chi connectivity index (χ2n) is 5.43. The van der Waals surface area contributed by atoms with E-state index in [-0.39, 0.29) is 17.9 Å². The van der Waals surface area contributed by atoms with Crippen molar-refractivity contribution in [3.05, 3.63) is 0 Å². The van der Waals surface area contributed by atoms with E-state index >= 15 is 0 Å². The summed E-state index contributed by atoms with van der Waals surface area (Å²) in [6.07, 6.45) is 4.80. The lowest BCUT2D eigenvalue weighted by Gasteiger charge is -2.28. The van der Waals surface area contributed by atoms with E-state index in [1.165, 1.54) is 0 Å². The number of amides is 2. The molecule has 2 fully saturated rings. The molecule has 0 aromatic rings. The molecule has 2 rings (SSSR count). The van der Waals surface area contributed by atoms with Crippen molar-refractivity contribution in [2.45, 2.75) is 51.1 Å². The Kier molecular flexibility index (Phi) is 4.58. The summed E-state index contributed by atoms with van der Waals surface area (Å²) < 4.78 is 0. The van der Waals surface area contributed by atoms with Gasteiger partial charge in [0.1, 0.15) is 0 Å². The van der Waals surface area contributed by atoms with E-state index < -0.39 is 0 Å². The van der Waals surface area contributed by atoms with Gasteiger partial charge < -0.3 is 16.0 Å². The third kappa shape index (κ3) is 3.98. The van der Waals surface area contributed by atoms with E-state index in [2.05, 4.69) is 22.9 Å². The Morgan fingerprint density at radius 3 is 2.72 bits per heavy atom. The van der Waals surface area contributed by atoms with E-state index in [9.17, 15) is 9.59 Å². The largest absolute Gasteiger partial charge is 0.354 e. The van der Waals surface area contributed by atoms with E-state index in [0.29, 0.717) is 24.9 Å². The molecule has 5 nitrogen and oxygen atoms in total. The summed E-state index contributed by atoms with van der Waals surface area (Å²) in [7, 11) is 0. The van der Waals surface area contributed by atoms with Gasteiger partial charge in [0.05, 0.1) is 6.04 Å². The first-order valence-corrected chi connectivity index (χ1v) is 6.97. The van der Waals surface area contributed by atoms with Gasteiger partial charge in [-0.2, -0.15) is 0 Å². The molecule has 2 aliphatic rings. The van der Waals surface area contributed by atoms with Crippen molar-refractivity contribution >= 4 is 11.8 Å². The van der Waals surface area contributed by atoms with Crippen molar-refractivity contribution in [1.82, 2.24) is 16.0 Å². The molecule has 1 aliphatic carbocycles. The molecule has 102 valence electrons. The molecule has 2 amide bonds. The summed E-state index contributed by atoms with van der Waals surface area (Å²) in [6.45, 7) is 3.43. The number of nitrogens with one attached hydrogen (secondary N) is 3. The molecule has 5 heteroatoms. The molecule has 0 radical (unpaired) electrons. The van der Waals surface area contributed by atoms with Crippen LogP contribution in [0.25, 0.3) is 0 Å². The van der Waals surface area contributed by atoms with Crippen molar-refractivity contribution in [3.8, 4) is 0 Å². The zero-order valence-corrected chi connectivity index (χ0v) is 11.0. The summed E-state index contributed by atoms with van der Waals surface area (Å²) >= 11 is 0. The maximum atomic E-state index is 11.9. The van der Waals surface area contributed by atoms with Crippen molar-refractivity contribution in [2.24, 2.45) is 5.92 Å². The highest BCUT2D eigenvalue weighted by atomic mass is 16.2. The van der Waals surface area contributed by atoms with Crippen molar-refractivity contribution in [1.29, 1.82) is 0 Å². The summed E-state index contributed by atoms with van der Waals surface area (Å²) in [5.41, 5.74) is 0. The predicted octanol–water partition coefficient (Wildman–Crippen LogP) is 0.159. The minimum absolute atomic E-state index is 0.0291. The first kappa shape index (κ1) is 13.3. The van der Waals surface area contributed by atoms with E-state index in [1.807, 2.05) is 0 Å². The number of rotatable bonds is 5. The van der Waals surface area contributed by atoms with Crippen LogP contribution in [0.5, 0.6) is 0 Å². The van der Waals surface area contributed by atoms with Gasteiger partial charge in [-0.25, -0.2) is 0 Å². The number of hydrogen-bond donors (Lipinski definition) is 3. The zero-order chi connectivity index (χ0) is 13.0. The second-order valence-corrected chi connectivity index (χ2v) is 5.43. The molecule has 2 unspecified atom stereocenters. The summed E-state index contributed by atoms with van der Waals surface area (Å²) in [6, 6.07) is 0.304. The van der Waals surface area contributed by atoms with Crippen LogP contribution in [0.1, 0.15) is 39.0 Å². The summed E-state index contributed by atoms with van der Waals surface area (Å²) in [5, 5.41) is 8.99. The van der Waals surface area contributed by atoms with Gasteiger partial charge in [-0.1, -0.05) is 6.92 Å². The topological polar surface area (TPSA) is 70.2 Å². The maximum absolute atomic E-state index is 11.9. The van der Waals surface area contributed by atoms with Gasteiger partial charge in [-0.15, -0.1) is 0 Å². The van der Waals surface area contributed by atoms with Crippen LogP contribution in [0, 0.1) is 5.92 Å². The number of carbonyl (C=O) groups excluding carboxylic acids is 2. The Morgan fingerprint density at radius 1 is 1.28 bits per heavy atom. The Hall–Kier alpha value is -1.10. The number of carbonyl (C=O) groups is 2. The fourth-order valence-corrected chi connectivity index (χ4v) is 2.34. The molecular weight excluding hydrogens is 230 g/mol. The van der Waals surface area contributed by atoms with Crippen LogP contribution in [-0.2, 0) is 9.59 Å². The van der Waals surface area contributed by atoms with Crippen molar-refractivity contribution in [2.75, 3.05) is 13.1 Å². The lowest BCUT2D eigenvalue weighted by atomic mass is 9.92. The quantitative estimate of drug-likeness (QED) is 0.653. The normalized spacial score (nSPS) is 27.6. The second kappa shape index (κ2) is 6.18. The number of piperidine rings is 1. The van der Waals surface area contributed by atoms with Crippen molar-refractivity contribution < 1.29 is 9.59 Å². The molecular formula is C13H23N3O2. The Balaban J connectivity index is 1.62. The smallest absolute Gasteiger partial charge is 0.237 e. The standard InChI is InChI=1S/C13H23N3O2/c1-9-3-2-7-14-12(9)13(18)15-8-6-11(17)16-10-4-5-10/h9-10,12,14H,2-8H2,1H3,(H,15,18)(H,16,17). The highest BCUT2D eigenvalue weighted by molar-refractivity contribution is 5.83. The molecule has 1 saturated carbocycles. The first-order chi connectivity index (χ1) is 8.66. The third-order valence-corrected chi connectivity index (χ3v) is 3.65. The third-order valence-electron chi connectivity index (χ3n) is 3.65. The maximum Gasteiger partial charge on any atom is 0.237 e. The monoisotopic (exact) mass is 253 g/mol. The first-order valence-electron chi connectivity index (χ1n) is 6.97. The van der Waals surface area contributed by atoms with E-state index in [4.69, 9.17) is 0 Å². The van der Waals surface area contributed by atoms with Gasteiger partial charge in [0.2, 0.25) is 11.8 Å². The van der Waals surface area contributed by atoms with Crippen LogP contribution in [0.15, 0.2) is 0 Å². The van der Waals surface area contributed by atoms with Gasteiger partial charge in [0.15, 0.2) is 0 Å². The van der Waals surface area contributed by atoms with Crippen LogP contribution in [0.3, 0.4) is 0 Å². The minimum Gasteiger partial charge on any atom is -0.354 e. The molecule has 0 aromatic heterocycles. The zero-order valence-electron chi connectivity index (χ0n) is 11.0. The van der Waals surface area contributed by atoms with Gasteiger partial charge in [-0.3, -0.25) is 9.59 Å². The minimum atomic E-state index is -0.0924.